The maximum atomic E-state index is 12.5. The SMILES string of the molecule is CCOc1ccc(C(=O)NNC(=O)CSCc2nc3sc4c(c3c(=O)[nH]2)CCC4)cc1OC. The minimum absolute atomic E-state index is 0.0928. The second kappa shape index (κ2) is 10.3. The van der Waals surface area contributed by atoms with Crippen LogP contribution in [0.3, 0.4) is 0 Å². The number of aromatic nitrogens is 2. The molecular formula is C22H24N4O5S2. The number of hydrogen-bond acceptors (Lipinski definition) is 8. The lowest BCUT2D eigenvalue weighted by Gasteiger charge is -2.11. The standard InChI is InChI=1S/C22H24N4O5S2/c1-3-31-14-8-7-12(9-15(14)30-2)20(28)26-25-18(27)11-32-10-17-23-21(29)19-13-5-4-6-16(13)33-22(19)24-17/h7-9H,3-6,10-11H2,1-2H3,(H,25,27)(H,26,28)(H,23,24,29). The van der Waals surface area contributed by atoms with Crippen molar-refractivity contribution in [1.29, 1.82) is 0 Å². The van der Waals surface area contributed by atoms with Gasteiger partial charge in [-0.1, -0.05) is 0 Å². The van der Waals surface area contributed by atoms with E-state index in [2.05, 4.69) is 20.8 Å². The van der Waals surface area contributed by atoms with Gasteiger partial charge in [0.25, 0.3) is 11.5 Å². The summed E-state index contributed by atoms with van der Waals surface area (Å²) in [6, 6.07) is 4.77. The molecule has 0 bridgehead atoms. The third kappa shape index (κ3) is 5.14. The van der Waals surface area contributed by atoms with Crippen LogP contribution in [0.4, 0.5) is 0 Å². The van der Waals surface area contributed by atoms with Crippen molar-refractivity contribution in [1.82, 2.24) is 20.8 Å². The van der Waals surface area contributed by atoms with Crippen LogP contribution in [0.25, 0.3) is 10.2 Å². The van der Waals surface area contributed by atoms with Crippen molar-refractivity contribution in [3.05, 3.63) is 50.4 Å². The van der Waals surface area contributed by atoms with Gasteiger partial charge in [-0.05, 0) is 49.9 Å². The number of thiophene rings is 1. The highest BCUT2D eigenvalue weighted by atomic mass is 32.2. The minimum atomic E-state index is -0.475. The molecule has 0 aliphatic heterocycles. The Morgan fingerprint density at radius 1 is 1.24 bits per heavy atom. The molecule has 2 heterocycles. The first kappa shape index (κ1) is 23.1. The van der Waals surface area contributed by atoms with E-state index in [0.29, 0.717) is 40.6 Å². The number of aryl methyl sites for hydroxylation is 2. The Morgan fingerprint density at radius 3 is 2.88 bits per heavy atom. The average molecular weight is 489 g/mol. The number of thioether (sulfide) groups is 1. The number of H-pyrrole nitrogens is 1. The molecule has 0 unspecified atom stereocenters. The van der Waals surface area contributed by atoms with Gasteiger partial charge >= 0.3 is 0 Å². The molecule has 1 aliphatic carbocycles. The zero-order valence-electron chi connectivity index (χ0n) is 18.3. The fraction of sp³-hybridized carbons (Fsp3) is 0.364. The Kier molecular flexibility index (Phi) is 7.19. The molecule has 0 radical (unpaired) electrons. The molecule has 0 saturated heterocycles. The number of rotatable bonds is 8. The van der Waals surface area contributed by atoms with E-state index in [1.807, 2.05) is 6.92 Å². The molecule has 0 fully saturated rings. The van der Waals surface area contributed by atoms with Gasteiger partial charge < -0.3 is 14.5 Å². The van der Waals surface area contributed by atoms with Crippen molar-refractivity contribution < 1.29 is 19.1 Å². The topological polar surface area (TPSA) is 122 Å². The highest BCUT2D eigenvalue weighted by Crippen LogP contribution is 2.34. The molecule has 9 nitrogen and oxygen atoms in total. The first-order valence-electron chi connectivity index (χ1n) is 10.5. The van der Waals surface area contributed by atoms with E-state index in [1.54, 1.807) is 29.5 Å². The highest BCUT2D eigenvalue weighted by Gasteiger charge is 2.21. The van der Waals surface area contributed by atoms with Crippen LogP contribution in [-0.4, -0.2) is 41.3 Å². The first-order valence-corrected chi connectivity index (χ1v) is 12.5. The molecule has 0 atom stereocenters. The number of amides is 2. The van der Waals surface area contributed by atoms with Gasteiger partial charge in [0.2, 0.25) is 5.91 Å². The minimum Gasteiger partial charge on any atom is -0.493 e. The molecule has 0 spiro atoms. The third-order valence-electron chi connectivity index (χ3n) is 5.14. The summed E-state index contributed by atoms with van der Waals surface area (Å²) in [6.45, 7) is 2.33. The summed E-state index contributed by atoms with van der Waals surface area (Å²) in [5.41, 5.74) is 6.12. The Hall–Kier alpha value is -3.05. The molecule has 2 amide bonds. The molecule has 33 heavy (non-hydrogen) atoms. The Morgan fingerprint density at radius 2 is 2.09 bits per heavy atom. The van der Waals surface area contributed by atoms with Gasteiger partial charge in [0, 0.05) is 10.4 Å². The Labute approximate surface area is 198 Å². The summed E-state index contributed by atoms with van der Waals surface area (Å²) in [7, 11) is 1.49. The van der Waals surface area contributed by atoms with Crippen molar-refractivity contribution >= 4 is 45.1 Å². The lowest BCUT2D eigenvalue weighted by atomic mass is 10.2. The number of carbonyl (C=O) groups excluding carboxylic acids is 2. The van der Waals surface area contributed by atoms with Gasteiger partial charge in [-0.15, -0.1) is 23.1 Å². The lowest BCUT2D eigenvalue weighted by molar-refractivity contribution is -0.119. The molecule has 11 heteroatoms. The number of hydrogen-bond donors (Lipinski definition) is 3. The van der Waals surface area contributed by atoms with Crippen LogP contribution in [0, 0.1) is 0 Å². The molecule has 0 saturated carbocycles. The number of methoxy groups -OCH3 is 1. The van der Waals surface area contributed by atoms with Gasteiger partial charge in [-0.3, -0.25) is 25.2 Å². The second-order valence-corrected chi connectivity index (χ2v) is 9.41. The Balaban J connectivity index is 1.28. The monoisotopic (exact) mass is 488 g/mol. The number of ether oxygens (including phenoxy) is 2. The summed E-state index contributed by atoms with van der Waals surface area (Å²) < 4.78 is 10.7. The number of carbonyl (C=O) groups is 2. The summed E-state index contributed by atoms with van der Waals surface area (Å²) in [5.74, 6) is 1.13. The van der Waals surface area contributed by atoms with Crippen molar-refractivity contribution in [2.75, 3.05) is 19.5 Å². The largest absolute Gasteiger partial charge is 0.493 e. The molecule has 4 rings (SSSR count). The van der Waals surface area contributed by atoms with Gasteiger partial charge in [-0.2, -0.15) is 0 Å². The smallest absolute Gasteiger partial charge is 0.269 e. The van der Waals surface area contributed by atoms with Crippen LogP contribution in [0.2, 0.25) is 0 Å². The third-order valence-corrected chi connectivity index (χ3v) is 7.27. The van der Waals surface area contributed by atoms with E-state index in [-0.39, 0.29) is 17.2 Å². The van der Waals surface area contributed by atoms with Crippen LogP contribution in [0.1, 0.15) is 40.0 Å². The van der Waals surface area contributed by atoms with Crippen LogP contribution in [0.5, 0.6) is 11.5 Å². The molecule has 174 valence electrons. The number of aromatic amines is 1. The van der Waals surface area contributed by atoms with Crippen LogP contribution >= 0.6 is 23.1 Å². The number of nitrogens with one attached hydrogen (secondary N) is 3. The predicted octanol–water partition coefficient (Wildman–Crippen LogP) is 2.58. The average Bonchev–Trinajstić information content (AvgIpc) is 3.39. The van der Waals surface area contributed by atoms with Crippen LogP contribution < -0.4 is 25.9 Å². The number of fused-ring (bicyclic) bond motifs is 3. The fourth-order valence-corrected chi connectivity index (χ4v) is 5.64. The second-order valence-electron chi connectivity index (χ2n) is 7.34. The van der Waals surface area contributed by atoms with E-state index in [4.69, 9.17) is 9.47 Å². The maximum absolute atomic E-state index is 12.5. The molecule has 2 aromatic heterocycles. The van der Waals surface area contributed by atoms with E-state index in [9.17, 15) is 14.4 Å². The van der Waals surface area contributed by atoms with Crippen molar-refractivity contribution in [2.45, 2.75) is 31.9 Å². The highest BCUT2D eigenvalue weighted by molar-refractivity contribution is 7.99. The lowest BCUT2D eigenvalue weighted by Crippen LogP contribution is -2.42. The van der Waals surface area contributed by atoms with E-state index >= 15 is 0 Å². The summed E-state index contributed by atoms with van der Waals surface area (Å²) in [4.78, 5) is 46.4. The number of benzene rings is 1. The summed E-state index contributed by atoms with van der Waals surface area (Å²) in [5, 5.41) is 0.715. The summed E-state index contributed by atoms with van der Waals surface area (Å²) >= 11 is 2.88. The van der Waals surface area contributed by atoms with Crippen molar-refractivity contribution in [3.63, 3.8) is 0 Å². The predicted molar refractivity (Wildman–Crippen MR) is 128 cm³/mol. The van der Waals surface area contributed by atoms with Gasteiger partial charge in [0.15, 0.2) is 11.5 Å². The van der Waals surface area contributed by atoms with Crippen molar-refractivity contribution in [3.8, 4) is 11.5 Å². The normalized spacial score (nSPS) is 12.4. The molecule has 3 aromatic rings. The van der Waals surface area contributed by atoms with Gasteiger partial charge in [-0.25, -0.2) is 4.98 Å². The van der Waals surface area contributed by atoms with E-state index in [1.165, 1.54) is 23.7 Å². The Bertz CT molecular complexity index is 1250. The van der Waals surface area contributed by atoms with E-state index in [0.717, 1.165) is 29.7 Å². The molecular weight excluding hydrogens is 464 g/mol. The fourth-order valence-electron chi connectivity index (χ4n) is 3.67. The maximum Gasteiger partial charge on any atom is 0.269 e. The quantitative estimate of drug-likeness (QED) is 0.417. The first-order chi connectivity index (χ1) is 16.0. The summed E-state index contributed by atoms with van der Waals surface area (Å²) in [6.07, 6.45) is 3.03. The van der Waals surface area contributed by atoms with Gasteiger partial charge in [0.05, 0.1) is 30.6 Å². The van der Waals surface area contributed by atoms with Gasteiger partial charge in [0.1, 0.15) is 10.7 Å². The molecule has 1 aliphatic rings. The number of hydrazine groups is 1. The zero-order chi connectivity index (χ0) is 23.4. The van der Waals surface area contributed by atoms with E-state index < -0.39 is 5.91 Å². The van der Waals surface area contributed by atoms with Crippen molar-refractivity contribution in [2.24, 2.45) is 0 Å². The molecule has 3 N–H and O–H groups in total. The zero-order valence-corrected chi connectivity index (χ0v) is 19.9. The van der Waals surface area contributed by atoms with Crippen LogP contribution in [0.15, 0.2) is 23.0 Å². The number of nitrogens with zero attached hydrogens (tertiary/aromatic N) is 1. The van der Waals surface area contributed by atoms with Crippen LogP contribution in [-0.2, 0) is 23.4 Å². The molecule has 1 aromatic carbocycles.